The highest BCUT2D eigenvalue weighted by Gasteiger charge is 2.29. The van der Waals surface area contributed by atoms with Crippen molar-refractivity contribution in [3.8, 4) is 0 Å². The van der Waals surface area contributed by atoms with Crippen molar-refractivity contribution in [2.24, 2.45) is 0 Å². The number of nitrogens with zero attached hydrogens (tertiary/aromatic N) is 5. The summed E-state index contributed by atoms with van der Waals surface area (Å²) < 4.78 is 2.98. The Kier molecular flexibility index (Phi) is 4.35. The third kappa shape index (κ3) is 2.97. The fourth-order valence-corrected chi connectivity index (χ4v) is 4.92. The van der Waals surface area contributed by atoms with Crippen LogP contribution in [0.15, 0.2) is 30.5 Å². The maximum atomic E-state index is 13.0. The van der Waals surface area contributed by atoms with Crippen LogP contribution in [0.5, 0.6) is 0 Å². The number of thiazole rings is 1. The number of hydrogen-bond donors (Lipinski definition) is 0. The Morgan fingerprint density at radius 2 is 1.68 bits per heavy atom. The van der Waals surface area contributed by atoms with Crippen LogP contribution >= 0.6 is 11.3 Å². The maximum Gasteiger partial charge on any atom is 0.282 e. The Hall–Kier alpha value is -2.74. The Morgan fingerprint density at radius 3 is 2.46 bits per heavy atom. The number of carbonyl (C=O) groups excluding carboxylic acids is 2. The monoisotopic (exact) mass is 395 g/mol. The van der Waals surface area contributed by atoms with Gasteiger partial charge in [0.2, 0.25) is 0 Å². The lowest BCUT2D eigenvalue weighted by Crippen LogP contribution is -2.50. The number of hydrogen-bond acceptors (Lipinski definition) is 5. The van der Waals surface area contributed by atoms with E-state index in [2.05, 4.69) is 10.1 Å². The lowest BCUT2D eigenvalue weighted by molar-refractivity contribution is 0.0534. The van der Waals surface area contributed by atoms with E-state index in [1.807, 2.05) is 33.8 Å². The zero-order valence-electron chi connectivity index (χ0n) is 15.5. The van der Waals surface area contributed by atoms with Crippen molar-refractivity contribution < 1.29 is 9.59 Å². The molecule has 0 radical (unpaired) electrons. The highest BCUT2D eigenvalue weighted by molar-refractivity contribution is 7.20. The van der Waals surface area contributed by atoms with Gasteiger partial charge < -0.3 is 9.80 Å². The fraction of sp³-hybridized carbons (Fsp3) is 0.400. The van der Waals surface area contributed by atoms with E-state index in [0.29, 0.717) is 31.2 Å². The van der Waals surface area contributed by atoms with Gasteiger partial charge in [0.1, 0.15) is 0 Å². The summed E-state index contributed by atoms with van der Waals surface area (Å²) in [6.07, 6.45) is 4.85. The van der Waals surface area contributed by atoms with Gasteiger partial charge in [0, 0.05) is 32.7 Å². The second-order valence-corrected chi connectivity index (χ2v) is 8.29. The standard InChI is InChI=1S/C20H21N5O2S/c26-19(14-13-21-25-8-4-3-6-16(14)25)23-9-11-24(12-10-23)20(27)18-22-15-5-1-2-7-17(15)28-18/h1-2,5,7,13H,3-4,6,8-12H2. The van der Waals surface area contributed by atoms with Gasteiger partial charge >= 0.3 is 0 Å². The lowest BCUT2D eigenvalue weighted by Gasteiger charge is -2.34. The largest absolute Gasteiger partial charge is 0.335 e. The molecular formula is C20H21N5O2S. The van der Waals surface area contributed by atoms with Crippen LogP contribution in [0.25, 0.3) is 10.2 Å². The minimum absolute atomic E-state index is 0.0373. The van der Waals surface area contributed by atoms with Gasteiger partial charge in [-0.3, -0.25) is 14.3 Å². The molecule has 144 valence electrons. The van der Waals surface area contributed by atoms with Crippen molar-refractivity contribution in [1.29, 1.82) is 0 Å². The van der Waals surface area contributed by atoms with E-state index in [9.17, 15) is 9.59 Å². The summed E-state index contributed by atoms with van der Waals surface area (Å²) in [4.78, 5) is 33.9. The van der Waals surface area contributed by atoms with Crippen LogP contribution in [0.3, 0.4) is 0 Å². The summed E-state index contributed by atoms with van der Waals surface area (Å²) in [7, 11) is 0. The molecule has 0 aliphatic carbocycles. The average Bonchev–Trinajstić information content (AvgIpc) is 3.37. The van der Waals surface area contributed by atoms with Crippen molar-refractivity contribution in [3.05, 3.63) is 46.7 Å². The van der Waals surface area contributed by atoms with E-state index >= 15 is 0 Å². The number of para-hydroxylation sites is 1. The molecule has 1 saturated heterocycles. The van der Waals surface area contributed by atoms with E-state index in [-0.39, 0.29) is 11.8 Å². The SMILES string of the molecule is O=C(c1nc2ccccc2s1)N1CCN(C(=O)c2cnn3c2CCCC3)CC1. The summed E-state index contributed by atoms with van der Waals surface area (Å²) in [5.41, 5.74) is 2.64. The fourth-order valence-electron chi connectivity index (χ4n) is 3.98. The number of rotatable bonds is 2. The Labute approximate surface area is 166 Å². The van der Waals surface area contributed by atoms with E-state index in [1.54, 1.807) is 11.1 Å². The highest BCUT2D eigenvalue weighted by Crippen LogP contribution is 2.24. The third-order valence-electron chi connectivity index (χ3n) is 5.54. The van der Waals surface area contributed by atoms with E-state index in [0.717, 1.165) is 47.3 Å². The first kappa shape index (κ1) is 17.4. The van der Waals surface area contributed by atoms with Gasteiger partial charge in [0.15, 0.2) is 5.01 Å². The normalized spacial score (nSPS) is 17.0. The molecule has 0 spiro atoms. The number of fused-ring (bicyclic) bond motifs is 2. The second kappa shape index (κ2) is 7.01. The molecule has 5 rings (SSSR count). The molecule has 1 fully saturated rings. The van der Waals surface area contributed by atoms with Crippen LogP contribution in [-0.4, -0.2) is 62.6 Å². The molecule has 2 aliphatic heterocycles. The van der Waals surface area contributed by atoms with Gasteiger partial charge in [-0.05, 0) is 31.4 Å². The lowest BCUT2D eigenvalue weighted by atomic mass is 10.1. The molecule has 3 aromatic rings. The molecule has 0 atom stereocenters. The van der Waals surface area contributed by atoms with Crippen LogP contribution in [0.1, 0.15) is 38.7 Å². The van der Waals surface area contributed by atoms with Gasteiger partial charge in [-0.1, -0.05) is 12.1 Å². The molecule has 0 bridgehead atoms. The molecule has 0 unspecified atom stereocenters. The summed E-state index contributed by atoms with van der Waals surface area (Å²) in [5.74, 6) is -0.00792. The topological polar surface area (TPSA) is 71.3 Å². The van der Waals surface area contributed by atoms with Crippen molar-refractivity contribution in [1.82, 2.24) is 24.6 Å². The molecule has 1 aromatic carbocycles. The summed E-state index contributed by atoms with van der Waals surface area (Å²) in [6.45, 7) is 3.04. The summed E-state index contributed by atoms with van der Waals surface area (Å²) in [6, 6.07) is 7.78. The van der Waals surface area contributed by atoms with Crippen LogP contribution in [-0.2, 0) is 13.0 Å². The van der Waals surface area contributed by atoms with Gasteiger partial charge in [-0.2, -0.15) is 5.10 Å². The molecule has 4 heterocycles. The number of carbonyl (C=O) groups is 2. The Balaban J connectivity index is 1.26. The van der Waals surface area contributed by atoms with Gasteiger partial charge in [-0.25, -0.2) is 4.98 Å². The predicted molar refractivity (Wildman–Crippen MR) is 107 cm³/mol. The molecule has 7 nitrogen and oxygen atoms in total. The number of piperazine rings is 1. The van der Waals surface area contributed by atoms with Crippen molar-refractivity contribution in [2.75, 3.05) is 26.2 Å². The van der Waals surface area contributed by atoms with Crippen molar-refractivity contribution in [2.45, 2.75) is 25.8 Å². The van der Waals surface area contributed by atoms with Gasteiger partial charge in [0.25, 0.3) is 11.8 Å². The van der Waals surface area contributed by atoms with E-state index in [1.165, 1.54) is 11.3 Å². The first-order chi connectivity index (χ1) is 13.7. The van der Waals surface area contributed by atoms with Crippen LogP contribution < -0.4 is 0 Å². The molecule has 2 aromatic heterocycles. The van der Waals surface area contributed by atoms with Gasteiger partial charge in [-0.15, -0.1) is 11.3 Å². The molecule has 8 heteroatoms. The Bertz CT molecular complexity index is 1010. The molecule has 2 amide bonds. The smallest absolute Gasteiger partial charge is 0.282 e. The van der Waals surface area contributed by atoms with Gasteiger partial charge in [0.05, 0.1) is 27.7 Å². The van der Waals surface area contributed by atoms with Crippen LogP contribution in [0.4, 0.5) is 0 Å². The van der Waals surface area contributed by atoms with Crippen molar-refractivity contribution in [3.63, 3.8) is 0 Å². The van der Waals surface area contributed by atoms with Crippen molar-refractivity contribution >= 4 is 33.4 Å². The molecule has 2 aliphatic rings. The third-order valence-corrected chi connectivity index (χ3v) is 6.57. The minimum atomic E-state index is -0.0452. The number of benzene rings is 1. The number of aromatic nitrogens is 3. The van der Waals surface area contributed by atoms with Crippen LogP contribution in [0, 0.1) is 0 Å². The first-order valence-electron chi connectivity index (χ1n) is 9.69. The number of aryl methyl sites for hydroxylation is 1. The zero-order valence-corrected chi connectivity index (χ0v) is 16.3. The minimum Gasteiger partial charge on any atom is -0.335 e. The number of amides is 2. The second-order valence-electron chi connectivity index (χ2n) is 7.26. The molecule has 28 heavy (non-hydrogen) atoms. The Morgan fingerprint density at radius 1 is 0.929 bits per heavy atom. The molecule has 0 saturated carbocycles. The molecule has 0 N–H and O–H groups in total. The molecular weight excluding hydrogens is 374 g/mol. The quantitative estimate of drug-likeness (QED) is 0.668. The van der Waals surface area contributed by atoms with E-state index in [4.69, 9.17) is 0 Å². The first-order valence-corrected chi connectivity index (χ1v) is 10.5. The predicted octanol–water partition coefficient (Wildman–Crippen LogP) is 2.43. The highest BCUT2D eigenvalue weighted by atomic mass is 32.1. The summed E-state index contributed by atoms with van der Waals surface area (Å²) >= 11 is 1.43. The summed E-state index contributed by atoms with van der Waals surface area (Å²) in [5, 5.41) is 4.89. The average molecular weight is 395 g/mol. The van der Waals surface area contributed by atoms with Crippen LogP contribution in [0.2, 0.25) is 0 Å². The zero-order chi connectivity index (χ0) is 19.1. The van der Waals surface area contributed by atoms with E-state index < -0.39 is 0 Å². The maximum absolute atomic E-state index is 13.0.